The van der Waals surface area contributed by atoms with Crippen LogP contribution in [-0.2, 0) is 9.59 Å². The van der Waals surface area contributed by atoms with Crippen molar-refractivity contribution in [3.05, 3.63) is 126 Å². The van der Waals surface area contributed by atoms with Crippen molar-refractivity contribution >= 4 is 11.8 Å². The van der Waals surface area contributed by atoms with E-state index in [0.717, 1.165) is 59.5 Å². The predicted molar refractivity (Wildman–Crippen MR) is 222 cm³/mol. The quantitative estimate of drug-likeness (QED) is 0.114. The average molecular weight is 768 g/mol. The third-order valence-electron chi connectivity index (χ3n) is 10.8. The van der Waals surface area contributed by atoms with Crippen molar-refractivity contribution < 1.29 is 14.0 Å². The van der Waals surface area contributed by atoms with Gasteiger partial charge in [-0.1, -0.05) is 85.8 Å². The first-order chi connectivity index (χ1) is 27.6. The fraction of sp³-hybridized carbons (Fsp3) is 0.356. The highest BCUT2D eigenvalue weighted by Crippen LogP contribution is 2.35. The highest BCUT2D eigenvalue weighted by atomic mass is 16.4. The number of carbonyl (C=O) groups excluding carboxylic acids is 2. The lowest BCUT2D eigenvalue weighted by Gasteiger charge is -2.38. The Morgan fingerprint density at radius 3 is 2.14 bits per heavy atom. The number of likely N-dealkylation sites (tertiary alicyclic amines) is 1. The number of amides is 2. The average Bonchev–Trinajstić information content (AvgIpc) is 4.03. The summed E-state index contributed by atoms with van der Waals surface area (Å²) < 4.78 is 6.30. The first-order valence-corrected chi connectivity index (χ1v) is 19.8. The summed E-state index contributed by atoms with van der Waals surface area (Å²) in [5.74, 6) is 2.56. The second-order valence-corrected chi connectivity index (χ2v) is 15.3. The number of H-pyrrole nitrogens is 2. The van der Waals surface area contributed by atoms with Crippen LogP contribution in [0.1, 0.15) is 86.5 Å². The monoisotopic (exact) mass is 767 g/mol. The van der Waals surface area contributed by atoms with Crippen molar-refractivity contribution in [2.45, 2.75) is 63.7 Å². The Labute approximate surface area is 335 Å². The molecule has 0 spiro atoms. The van der Waals surface area contributed by atoms with E-state index in [4.69, 9.17) is 9.40 Å². The molecule has 2 N–H and O–H groups in total. The summed E-state index contributed by atoms with van der Waals surface area (Å²) in [7, 11) is 7.77. The number of hydrogen-bond acceptors (Lipinski definition) is 8. The molecule has 3 aromatic carbocycles. The van der Waals surface area contributed by atoms with Crippen molar-refractivity contribution in [1.82, 2.24) is 44.5 Å². The number of carbonyl (C=O) groups is 2. The summed E-state index contributed by atoms with van der Waals surface area (Å²) in [6, 6.07) is 26.7. The second kappa shape index (κ2) is 17.5. The Kier molecular flexibility index (Phi) is 12.1. The van der Waals surface area contributed by atoms with Crippen molar-refractivity contribution in [2.24, 2.45) is 0 Å². The third-order valence-corrected chi connectivity index (χ3v) is 10.8. The van der Waals surface area contributed by atoms with Crippen LogP contribution < -0.4 is 0 Å². The van der Waals surface area contributed by atoms with Gasteiger partial charge in [-0.3, -0.25) is 19.4 Å². The Balaban J connectivity index is 1.07. The molecule has 0 bridgehead atoms. The van der Waals surface area contributed by atoms with Crippen LogP contribution in [0, 0.1) is 0 Å². The van der Waals surface area contributed by atoms with Crippen molar-refractivity contribution in [3.63, 3.8) is 0 Å². The first-order valence-electron chi connectivity index (χ1n) is 19.8. The lowest BCUT2D eigenvalue weighted by atomic mass is 9.97. The van der Waals surface area contributed by atoms with E-state index in [1.807, 2.05) is 146 Å². The molecular weight excluding hydrogens is 715 g/mol. The molecule has 1 fully saturated rings. The van der Waals surface area contributed by atoms with Crippen LogP contribution in [0.4, 0.5) is 0 Å². The zero-order chi connectivity index (χ0) is 40.1. The number of nitrogens with zero attached hydrogens (tertiary/aromatic N) is 7. The molecule has 12 nitrogen and oxygen atoms in total. The molecule has 4 heterocycles. The number of aromatic amines is 2. The number of likely N-dealkylation sites (N-methyl/N-ethyl adjacent to an activating group) is 2. The molecule has 7 rings (SSSR count). The summed E-state index contributed by atoms with van der Waals surface area (Å²) in [5, 5.41) is 0. The van der Waals surface area contributed by atoms with Crippen LogP contribution in [0.25, 0.3) is 34.2 Å². The van der Waals surface area contributed by atoms with Crippen molar-refractivity contribution in [2.75, 3.05) is 41.3 Å². The van der Waals surface area contributed by atoms with Gasteiger partial charge >= 0.3 is 0 Å². The normalized spacial score (nSPS) is 16.1. The maximum atomic E-state index is 14.1. The van der Waals surface area contributed by atoms with Gasteiger partial charge in [-0.15, -0.1) is 0 Å². The Bertz CT molecular complexity index is 2240. The van der Waals surface area contributed by atoms with Crippen LogP contribution in [0.2, 0.25) is 0 Å². The molecule has 296 valence electrons. The number of aromatic nitrogens is 5. The van der Waals surface area contributed by atoms with Gasteiger partial charge in [-0.25, -0.2) is 15.0 Å². The van der Waals surface area contributed by atoms with E-state index in [-0.39, 0.29) is 29.9 Å². The number of benzene rings is 3. The van der Waals surface area contributed by atoms with Crippen molar-refractivity contribution in [3.8, 4) is 34.2 Å². The van der Waals surface area contributed by atoms with Gasteiger partial charge in [-0.2, -0.15) is 0 Å². The third kappa shape index (κ3) is 8.47. The Morgan fingerprint density at radius 2 is 1.46 bits per heavy atom. The molecule has 4 atom stereocenters. The van der Waals surface area contributed by atoms with Crippen molar-refractivity contribution in [1.29, 1.82) is 0 Å². The van der Waals surface area contributed by atoms with E-state index in [1.165, 1.54) is 0 Å². The van der Waals surface area contributed by atoms with Crippen LogP contribution >= 0.6 is 0 Å². The fourth-order valence-electron chi connectivity index (χ4n) is 7.95. The number of nitrogens with one attached hydrogen (secondary N) is 2. The summed E-state index contributed by atoms with van der Waals surface area (Å²) in [6.45, 7) is 5.35. The SMILES string of the molecule is CCCN(C(=O)C(c1ccccc1)N(C)C)C(C)c1ncc(-c2ncc(-c3cccc(-c4cnc(C5CCCCN5C(=O)C(c5ccccc5)N(C)C)[nH]4)c3)o2)[nH]1. The molecule has 6 aromatic rings. The zero-order valence-corrected chi connectivity index (χ0v) is 33.7. The minimum Gasteiger partial charge on any atom is -0.435 e. The topological polar surface area (TPSA) is 130 Å². The lowest BCUT2D eigenvalue weighted by molar-refractivity contribution is -0.140. The molecule has 3 aromatic heterocycles. The fourth-order valence-corrected chi connectivity index (χ4v) is 7.95. The van der Waals surface area contributed by atoms with Gasteiger partial charge in [0.2, 0.25) is 17.7 Å². The summed E-state index contributed by atoms with van der Waals surface area (Å²) in [5.41, 5.74) is 5.22. The van der Waals surface area contributed by atoms with Gasteiger partial charge in [0, 0.05) is 24.2 Å². The van der Waals surface area contributed by atoms with E-state index in [9.17, 15) is 9.59 Å². The minimum absolute atomic E-state index is 0.0201. The van der Waals surface area contributed by atoms with Crippen LogP contribution in [0.3, 0.4) is 0 Å². The van der Waals surface area contributed by atoms with E-state index >= 15 is 0 Å². The zero-order valence-electron chi connectivity index (χ0n) is 33.7. The molecule has 0 radical (unpaired) electrons. The number of piperidine rings is 1. The van der Waals surface area contributed by atoms with Gasteiger partial charge in [0.25, 0.3) is 0 Å². The van der Waals surface area contributed by atoms with Crippen LogP contribution in [0.15, 0.2) is 108 Å². The molecule has 1 saturated heterocycles. The highest BCUT2D eigenvalue weighted by Gasteiger charge is 2.36. The predicted octanol–water partition coefficient (Wildman–Crippen LogP) is 8.08. The molecule has 1 aliphatic rings. The van der Waals surface area contributed by atoms with Gasteiger partial charge in [0.15, 0.2) is 5.76 Å². The summed E-state index contributed by atoms with van der Waals surface area (Å²) in [4.78, 5) is 57.1. The summed E-state index contributed by atoms with van der Waals surface area (Å²) >= 11 is 0. The summed E-state index contributed by atoms with van der Waals surface area (Å²) in [6.07, 6.45) is 8.92. The Morgan fingerprint density at radius 1 is 0.789 bits per heavy atom. The standard InChI is InChI=1S/C45H53N9O3/c1-7-24-53(44(55)39(51(3)4)31-17-10-8-11-18-31)30(2)41-46-28-36(50-41)43-48-29-38(57-43)34-22-16-21-33(26-34)35-27-47-42(49-35)37-23-14-15-25-54(37)45(56)40(52(5)6)32-19-12-9-13-20-32/h8-13,16-22,26-30,37,39-40H,7,14-15,23-25H2,1-6H3,(H,46,50)(H,47,49). The van der Waals surface area contributed by atoms with Gasteiger partial charge < -0.3 is 24.2 Å². The number of oxazole rings is 1. The number of hydrogen-bond donors (Lipinski definition) is 2. The van der Waals surface area contributed by atoms with Crippen LogP contribution in [-0.4, -0.2) is 97.6 Å². The largest absolute Gasteiger partial charge is 0.435 e. The maximum Gasteiger partial charge on any atom is 0.245 e. The Hall–Kier alpha value is -5.85. The highest BCUT2D eigenvalue weighted by molar-refractivity contribution is 5.84. The van der Waals surface area contributed by atoms with E-state index in [0.29, 0.717) is 36.3 Å². The first kappa shape index (κ1) is 39.4. The lowest BCUT2D eigenvalue weighted by Crippen LogP contribution is -2.45. The van der Waals surface area contributed by atoms with Gasteiger partial charge in [-0.05, 0) is 78.0 Å². The van der Waals surface area contributed by atoms with E-state index in [1.54, 1.807) is 12.4 Å². The second-order valence-electron chi connectivity index (χ2n) is 15.3. The molecule has 0 aliphatic carbocycles. The van der Waals surface area contributed by atoms with E-state index in [2.05, 4.69) is 26.9 Å². The maximum absolute atomic E-state index is 14.1. The van der Waals surface area contributed by atoms with E-state index < -0.39 is 6.04 Å². The number of rotatable bonds is 14. The molecule has 57 heavy (non-hydrogen) atoms. The molecule has 2 amide bonds. The molecular formula is C45H53N9O3. The molecule has 4 unspecified atom stereocenters. The minimum atomic E-state index is -0.417. The van der Waals surface area contributed by atoms with Gasteiger partial charge in [0.1, 0.15) is 29.4 Å². The molecule has 0 saturated carbocycles. The van der Waals surface area contributed by atoms with Gasteiger partial charge in [0.05, 0.1) is 36.4 Å². The van der Waals surface area contributed by atoms with Crippen LogP contribution in [0.5, 0.6) is 0 Å². The number of imidazole rings is 2. The molecule has 1 aliphatic heterocycles. The molecule has 12 heteroatoms. The smallest absolute Gasteiger partial charge is 0.245 e.